The first-order valence-electron chi connectivity index (χ1n) is 15.2. The predicted octanol–water partition coefficient (Wildman–Crippen LogP) is 7.74. The van der Waals surface area contributed by atoms with Gasteiger partial charge in [0.25, 0.3) is 20.0 Å². The van der Waals surface area contributed by atoms with E-state index in [2.05, 4.69) is 52.3 Å². The summed E-state index contributed by atoms with van der Waals surface area (Å²) in [5.41, 5.74) is 4.76. The van der Waals surface area contributed by atoms with Gasteiger partial charge in [0, 0.05) is 50.3 Å². The number of benzene rings is 4. The van der Waals surface area contributed by atoms with Crippen molar-refractivity contribution >= 4 is 73.7 Å². The Morgan fingerprint density at radius 3 is 1.57 bits per heavy atom. The van der Waals surface area contributed by atoms with Gasteiger partial charge in [0.2, 0.25) is 12.3 Å². The molecule has 8 aromatic rings. The Balaban J connectivity index is 0.000000159. The number of rotatable bonds is 6. The highest BCUT2D eigenvalue weighted by Crippen LogP contribution is 2.34. The van der Waals surface area contributed by atoms with Crippen molar-refractivity contribution < 1.29 is 21.3 Å². The number of fused-ring (bicyclic) bond motifs is 2. The van der Waals surface area contributed by atoms with E-state index < -0.39 is 20.0 Å². The maximum absolute atomic E-state index is 13.1. The standard InChI is InChI=1S/C18H15BrN4O2S.C17H12BrN3O3S/c1-12-3-6-14(7-4-12)26(24,25)23-10-16(19)15-9-13(5-8-17(15)23)18-21-20-11-22(18)2;1-11-2-5-13(6-3-11)25(22,23)21-9-15(18)14-8-12(4-7-16(14)21)17-20-19-10-24-17/h3-11H,1-2H3;2-10H,1H3. The average molecular weight is 850 g/mol. The number of nitrogens with zero attached hydrogens (tertiary/aromatic N) is 7. The smallest absolute Gasteiger partial charge is 0.268 e. The molecule has 0 unspecified atom stereocenters. The van der Waals surface area contributed by atoms with Crippen LogP contribution in [0.4, 0.5) is 0 Å². The molecule has 0 atom stereocenters. The predicted molar refractivity (Wildman–Crippen MR) is 200 cm³/mol. The van der Waals surface area contributed by atoms with Crippen LogP contribution >= 0.6 is 31.9 Å². The lowest BCUT2D eigenvalue weighted by Crippen LogP contribution is -2.11. The second kappa shape index (κ2) is 13.3. The molecule has 0 fully saturated rings. The second-order valence-electron chi connectivity index (χ2n) is 11.7. The molecular formula is C35H27Br2N7O5S2. The molecule has 0 saturated heterocycles. The fourth-order valence-electron chi connectivity index (χ4n) is 5.48. The van der Waals surface area contributed by atoms with Crippen molar-refractivity contribution in [2.45, 2.75) is 23.6 Å². The molecule has 4 aromatic heterocycles. The largest absolute Gasteiger partial charge is 0.423 e. The van der Waals surface area contributed by atoms with Gasteiger partial charge < -0.3 is 8.98 Å². The van der Waals surface area contributed by atoms with Crippen LogP contribution in [0, 0.1) is 13.8 Å². The Hall–Kier alpha value is -4.90. The van der Waals surface area contributed by atoms with Crippen LogP contribution < -0.4 is 0 Å². The molecule has 12 nitrogen and oxygen atoms in total. The topological polar surface area (TPSA) is 148 Å². The van der Waals surface area contributed by atoms with Crippen LogP contribution in [-0.4, -0.2) is 49.7 Å². The first kappa shape index (κ1) is 34.5. The monoisotopic (exact) mass is 847 g/mol. The van der Waals surface area contributed by atoms with Gasteiger partial charge in [-0.3, -0.25) is 0 Å². The molecule has 0 saturated carbocycles. The highest BCUT2D eigenvalue weighted by atomic mass is 79.9. The quantitative estimate of drug-likeness (QED) is 0.164. The maximum Gasteiger partial charge on any atom is 0.268 e. The van der Waals surface area contributed by atoms with E-state index in [1.54, 1.807) is 85.5 Å². The third-order valence-electron chi connectivity index (χ3n) is 8.18. The van der Waals surface area contributed by atoms with Crippen molar-refractivity contribution in [1.82, 2.24) is 32.9 Å². The molecule has 8 rings (SSSR count). The normalized spacial score (nSPS) is 11.9. The van der Waals surface area contributed by atoms with E-state index in [1.807, 2.05) is 43.7 Å². The van der Waals surface area contributed by atoms with Gasteiger partial charge in [-0.25, -0.2) is 24.8 Å². The van der Waals surface area contributed by atoms with E-state index in [4.69, 9.17) is 4.42 Å². The summed E-state index contributed by atoms with van der Waals surface area (Å²) in [5, 5.41) is 17.1. The van der Waals surface area contributed by atoms with Crippen LogP contribution in [0.2, 0.25) is 0 Å². The minimum atomic E-state index is -3.69. The summed E-state index contributed by atoms with van der Waals surface area (Å²) >= 11 is 6.92. The van der Waals surface area contributed by atoms with E-state index >= 15 is 0 Å². The number of hydrogen-bond acceptors (Lipinski definition) is 9. The molecule has 258 valence electrons. The molecule has 0 radical (unpaired) electrons. The minimum absolute atomic E-state index is 0.239. The summed E-state index contributed by atoms with van der Waals surface area (Å²) in [4.78, 5) is 0.494. The Bertz CT molecular complexity index is 2770. The number of hydrogen-bond donors (Lipinski definition) is 0. The molecule has 0 aliphatic heterocycles. The Morgan fingerprint density at radius 2 is 1.12 bits per heavy atom. The maximum atomic E-state index is 13.1. The van der Waals surface area contributed by atoms with Crippen molar-refractivity contribution in [3.63, 3.8) is 0 Å². The summed E-state index contributed by atoms with van der Waals surface area (Å²) < 4.78 is 63.0. The molecule has 51 heavy (non-hydrogen) atoms. The lowest BCUT2D eigenvalue weighted by Gasteiger charge is -2.08. The molecule has 16 heteroatoms. The molecule has 0 amide bonds. The Labute approximate surface area is 309 Å². The molecule has 4 heterocycles. The van der Waals surface area contributed by atoms with E-state index in [1.165, 1.54) is 14.3 Å². The molecule has 0 N–H and O–H groups in total. The summed E-state index contributed by atoms with van der Waals surface area (Å²) in [6, 6.07) is 24.4. The van der Waals surface area contributed by atoms with E-state index in [0.717, 1.165) is 33.0 Å². The summed E-state index contributed by atoms with van der Waals surface area (Å²) in [7, 11) is -5.51. The van der Waals surface area contributed by atoms with Gasteiger partial charge in [-0.2, -0.15) is 0 Å². The first-order valence-corrected chi connectivity index (χ1v) is 19.7. The molecule has 4 aromatic carbocycles. The van der Waals surface area contributed by atoms with E-state index in [9.17, 15) is 16.8 Å². The van der Waals surface area contributed by atoms with Gasteiger partial charge >= 0.3 is 0 Å². The van der Waals surface area contributed by atoms with E-state index in [0.29, 0.717) is 31.7 Å². The average Bonchev–Trinajstić information content (AvgIpc) is 3.93. The fourth-order valence-corrected chi connectivity index (χ4v) is 9.54. The highest BCUT2D eigenvalue weighted by molar-refractivity contribution is 9.11. The van der Waals surface area contributed by atoms with Crippen molar-refractivity contribution in [2.75, 3.05) is 0 Å². The lowest BCUT2D eigenvalue weighted by atomic mass is 10.1. The van der Waals surface area contributed by atoms with Crippen LogP contribution in [0.3, 0.4) is 0 Å². The van der Waals surface area contributed by atoms with Gasteiger partial charge in [-0.15, -0.1) is 20.4 Å². The van der Waals surface area contributed by atoms with E-state index in [-0.39, 0.29) is 9.79 Å². The Kier molecular flexibility index (Phi) is 9.03. The van der Waals surface area contributed by atoms with Crippen molar-refractivity contribution in [2.24, 2.45) is 7.05 Å². The molecule has 0 spiro atoms. The fraction of sp³-hybridized carbons (Fsp3) is 0.0857. The zero-order valence-corrected chi connectivity index (χ0v) is 31.9. The van der Waals surface area contributed by atoms with Crippen LogP contribution in [-0.2, 0) is 27.1 Å². The van der Waals surface area contributed by atoms with Crippen molar-refractivity contribution in [3.05, 3.63) is 130 Å². The van der Waals surface area contributed by atoms with Gasteiger partial charge in [0.15, 0.2) is 5.82 Å². The van der Waals surface area contributed by atoms with Gasteiger partial charge in [-0.1, -0.05) is 35.4 Å². The summed E-state index contributed by atoms with van der Waals surface area (Å²) in [5.74, 6) is 1.09. The van der Waals surface area contributed by atoms with Crippen molar-refractivity contribution in [1.29, 1.82) is 0 Å². The Morgan fingerprint density at radius 1 is 0.627 bits per heavy atom. The number of aromatic nitrogens is 7. The van der Waals surface area contributed by atoms with Gasteiger partial charge in [-0.05, 0) is 106 Å². The third kappa shape index (κ3) is 6.44. The van der Waals surface area contributed by atoms with Crippen LogP contribution in [0.25, 0.3) is 44.6 Å². The SMILES string of the molecule is Cc1ccc(S(=O)(=O)n2cc(Br)c3cc(-c4nncn4C)ccc32)cc1.Cc1ccc(S(=O)(=O)n2cc(Br)c3cc(-c4nnco4)ccc32)cc1. The van der Waals surface area contributed by atoms with Crippen LogP contribution in [0.5, 0.6) is 0 Å². The van der Waals surface area contributed by atoms with Gasteiger partial charge in [0.1, 0.15) is 6.33 Å². The summed E-state index contributed by atoms with van der Waals surface area (Å²) in [6.07, 6.45) is 6.01. The lowest BCUT2D eigenvalue weighted by molar-refractivity contribution is 0.568. The van der Waals surface area contributed by atoms with Gasteiger partial charge in [0.05, 0.1) is 20.8 Å². The van der Waals surface area contributed by atoms with Crippen LogP contribution in [0.1, 0.15) is 11.1 Å². The number of aryl methyl sites for hydroxylation is 3. The molecule has 0 bridgehead atoms. The first-order chi connectivity index (χ1) is 24.3. The number of halogens is 2. The zero-order valence-electron chi connectivity index (χ0n) is 27.1. The summed E-state index contributed by atoms with van der Waals surface area (Å²) in [6.45, 7) is 3.84. The third-order valence-corrected chi connectivity index (χ3v) is 12.8. The second-order valence-corrected chi connectivity index (χ2v) is 17.0. The van der Waals surface area contributed by atoms with Crippen LogP contribution in [0.15, 0.2) is 133 Å². The minimum Gasteiger partial charge on any atom is -0.423 e. The zero-order chi connectivity index (χ0) is 36.1. The highest BCUT2D eigenvalue weighted by Gasteiger charge is 2.23. The van der Waals surface area contributed by atoms with Crippen molar-refractivity contribution in [3.8, 4) is 22.8 Å². The molecule has 0 aliphatic carbocycles. The molecular weight excluding hydrogens is 822 g/mol. The molecule has 0 aliphatic rings.